The van der Waals surface area contributed by atoms with Gasteiger partial charge in [0, 0.05) is 11.3 Å². The Balaban J connectivity index is 1.57. The van der Waals surface area contributed by atoms with Gasteiger partial charge in [-0.1, -0.05) is 72.4 Å². The number of para-hydroxylation sites is 3. The number of amides is 1. The Labute approximate surface area is 190 Å². The van der Waals surface area contributed by atoms with Gasteiger partial charge in [0.25, 0.3) is 0 Å². The van der Waals surface area contributed by atoms with Crippen molar-refractivity contribution in [2.75, 3.05) is 17.7 Å². The Bertz CT molecular complexity index is 1240. The molecule has 0 aliphatic heterocycles. The summed E-state index contributed by atoms with van der Waals surface area (Å²) in [5.74, 6) is -0.345. The highest BCUT2D eigenvalue weighted by Crippen LogP contribution is 2.28. The van der Waals surface area contributed by atoms with Gasteiger partial charge >= 0.3 is 5.97 Å². The van der Waals surface area contributed by atoms with Crippen molar-refractivity contribution in [3.63, 3.8) is 0 Å². The molecule has 7 heteroatoms. The summed E-state index contributed by atoms with van der Waals surface area (Å²) in [5.41, 5.74) is 4.34. The summed E-state index contributed by atoms with van der Waals surface area (Å²) < 4.78 is 6.85. The van der Waals surface area contributed by atoms with Crippen LogP contribution in [-0.2, 0) is 20.9 Å². The second kappa shape index (κ2) is 10.2. The summed E-state index contributed by atoms with van der Waals surface area (Å²) in [6.07, 6.45) is 0. The van der Waals surface area contributed by atoms with Crippen molar-refractivity contribution >= 4 is 40.4 Å². The van der Waals surface area contributed by atoms with E-state index in [9.17, 15) is 9.59 Å². The van der Waals surface area contributed by atoms with E-state index in [4.69, 9.17) is 4.74 Å². The molecule has 0 atom stereocenters. The number of nitrogens with zero attached hydrogens (tertiary/aromatic N) is 2. The first-order chi connectivity index (χ1) is 15.7. The molecule has 6 nitrogen and oxygen atoms in total. The fourth-order valence-corrected chi connectivity index (χ4v) is 4.25. The van der Waals surface area contributed by atoms with E-state index in [0.29, 0.717) is 11.8 Å². The summed E-state index contributed by atoms with van der Waals surface area (Å²) in [6, 6.07) is 25.3. The molecule has 0 unspecified atom stereocenters. The fourth-order valence-electron chi connectivity index (χ4n) is 3.44. The Morgan fingerprint density at radius 2 is 1.69 bits per heavy atom. The molecule has 0 fully saturated rings. The third kappa shape index (κ3) is 5.00. The van der Waals surface area contributed by atoms with E-state index in [1.807, 2.05) is 83.4 Å². The number of hydrogen-bond acceptors (Lipinski definition) is 5. The van der Waals surface area contributed by atoms with Gasteiger partial charge in [-0.25, -0.2) is 4.98 Å². The number of carbonyl (C=O) groups excluding carboxylic acids is 2. The average molecular weight is 446 g/mol. The number of benzene rings is 3. The molecule has 3 aromatic carbocycles. The summed E-state index contributed by atoms with van der Waals surface area (Å²) in [7, 11) is 0. The smallest absolute Gasteiger partial charge is 0.316 e. The number of rotatable bonds is 8. The Hall–Kier alpha value is -3.58. The molecule has 0 spiro atoms. The van der Waals surface area contributed by atoms with Gasteiger partial charge in [-0.2, -0.15) is 0 Å². The molecule has 4 aromatic rings. The minimum absolute atomic E-state index is 0.0782. The van der Waals surface area contributed by atoms with Gasteiger partial charge in [0.05, 0.1) is 23.4 Å². The van der Waals surface area contributed by atoms with Gasteiger partial charge in [0.15, 0.2) is 5.16 Å². The average Bonchev–Trinajstić information content (AvgIpc) is 3.16. The largest absolute Gasteiger partial charge is 0.465 e. The topological polar surface area (TPSA) is 73.2 Å². The van der Waals surface area contributed by atoms with E-state index < -0.39 is 0 Å². The molecule has 0 aliphatic rings. The van der Waals surface area contributed by atoms with E-state index in [0.717, 1.165) is 27.8 Å². The summed E-state index contributed by atoms with van der Waals surface area (Å²) in [6.45, 7) is 2.18. The first-order valence-corrected chi connectivity index (χ1v) is 11.3. The number of fused-ring (bicyclic) bond motifs is 1. The molecule has 0 saturated heterocycles. The van der Waals surface area contributed by atoms with Crippen LogP contribution in [0.15, 0.2) is 84.0 Å². The number of anilines is 1. The highest BCUT2D eigenvalue weighted by atomic mass is 32.2. The molecule has 0 radical (unpaired) electrons. The van der Waals surface area contributed by atoms with Crippen LogP contribution in [0.1, 0.15) is 6.92 Å². The fraction of sp³-hybridized carbons (Fsp3) is 0.160. The van der Waals surface area contributed by atoms with Crippen LogP contribution in [0.25, 0.3) is 22.2 Å². The number of hydrogen-bond donors (Lipinski definition) is 1. The Morgan fingerprint density at radius 1 is 0.969 bits per heavy atom. The number of aromatic nitrogens is 2. The van der Waals surface area contributed by atoms with Crippen LogP contribution in [0.3, 0.4) is 0 Å². The van der Waals surface area contributed by atoms with Crippen molar-refractivity contribution in [2.24, 2.45) is 0 Å². The lowest BCUT2D eigenvalue weighted by atomic mass is 10.0. The zero-order valence-electron chi connectivity index (χ0n) is 17.7. The van der Waals surface area contributed by atoms with Gasteiger partial charge in [0.1, 0.15) is 6.54 Å². The molecule has 1 amide bonds. The van der Waals surface area contributed by atoms with Gasteiger partial charge in [-0.15, -0.1) is 0 Å². The molecule has 32 heavy (non-hydrogen) atoms. The van der Waals surface area contributed by atoms with Crippen molar-refractivity contribution in [3.05, 3.63) is 78.9 Å². The molecule has 0 saturated carbocycles. The van der Waals surface area contributed by atoms with Crippen molar-refractivity contribution in [3.8, 4) is 11.1 Å². The number of thioether (sulfide) groups is 1. The van der Waals surface area contributed by atoms with Crippen molar-refractivity contribution in [1.29, 1.82) is 0 Å². The maximum Gasteiger partial charge on any atom is 0.316 e. The molecule has 0 aliphatic carbocycles. The molecular weight excluding hydrogens is 422 g/mol. The molecule has 0 bridgehead atoms. The van der Waals surface area contributed by atoms with Crippen molar-refractivity contribution in [1.82, 2.24) is 9.55 Å². The lowest BCUT2D eigenvalue weighted by molar-refractivity contribution is -0.139. The minimum atomic E-state index is -0.308. The third-order valence-electron chi connectivity index (χ3n) is 4.83. The lowest BCUT2D eigenvalue weighted by Crippen LogP contribution is -2.20. The standard InChI is InChI=1S/C25H23N3O3S/c1-2-31-24(30)17-32-25-27-21-14-8-9-15-22(21)28(25)16-23(29)26-20-13-7-6-12-19(20)18-10-4-3-5-11-18/h3-15H,2,16-17H2,1H3,(H,26,29). The van der Waals surface area contributed by atoms with Crippen LogP contribution in [0, 0.1) is 0 Å². The maximum atomic E-state index is 13.0. The predicted octanol–water partition coefficient (Wildman–Crippen LogP) is 5.00. The monoisotopic (exact) mass is 445 g/mol. The zero-order chi connectivity index (χ0) is 22.3. The summed E-state index contributed by atoms with van der Waals surface area (Å²) in [4.78, 5) is 29.5. The lowest BCUT2D eigenvalue weighted by Gasteiger charge is -2.13. The van der Waals surface area contributed by atoms with E-state index in [1.54, 1.807) is 6.92 Å². The second-order valence-corrected chi connectivity index (χ2v) is 7.97. The molecule has 4 rings (SSSR count). The maximum absolute atomic E-state index is 13.0. The highest BCUT2D eigenvalue weighted by Gasteiger charge is 2.16. The normalized spacial score (nSPS) is 10.8. The molecule has 1 aromatic heterocycles. The molecule has 1 N–H and O–H groups in total. The van der Waals surface area contributed by atoms with Gasteiger partial charge < -0.3 is 14.6 Å². The third-order valence-corrected chi connectivity index (χ3v) is 5.78. The number of ether oxygens (including phenoxy) is 1. The van der Waals surface area contributed by atoms with Crippen molar-refractivity contribution in [2.45, 2.75) is 18.6 Å². The number of nitrogens with one attached hydrogen (secondary N) is 1. The SMILES string of the molecule is CCOC(=O)CSc1nc2ccccc2n1CC(=O)Nc1ccccc1-c1ccccc1. The van der Waals surface area contributed by atoms with Gasteiger partial charge in [0.2, 0.25) is 5.91 Å². The van der Waals surface area contributed by atoms with Crippen LogP contribution in [0.2, 0.25) is 0 Å². The van der Waals surface area contributed by atoms with Gasteiger partial charge in [-0.3, -0.25) is 9.59 Å². The predicted molar refractivity (Wildman–Crippen MR) is 128 cm³/mol. The molecule has 162 valence electrons. The molecule has 1 heterocycles. The van der Waals surface area contributed by atoms with E-state index in [-0.39, 0.29) is 24.2 Å². The Morgan fingerprint density at radius 3 is 2.50 bits per heavy atom. The number of carbonyl (C=O) groups is 2. The minimum Gasteiger partial charge on any atom is -0.465 e. The first kappa shape index (κ1) is 21.6. The number of imidazole rings is 1. The van der Waals surface area contributed by atoms with E-state index in [1.165, 1.54) is 11.8 Å². The molecular formula is C25H23N3O3S. The van der Waals surface area contributed by atoms with Crippen LogP contribution < -0.4 is 5.32 Å². The quantitative estimate of drug-likeness (QED) is 0.305. The van der Waals surface area contributed by atoms with Crippen LogP contribution >= 0.6 is 11.8 Å². The zero-order valence-corrected chi connectivity index (χ0v) is 18.5. The Kier molecular flexibility index (Phi) is 6.87. The second-order valence-electron chi connectivity index (χ2n) is 7.02. The number of esters is 1. The van der Waals surface area contributed by atoms with Crippen LogP contribution in [0.4, 0.5) is 5.69 Å². The van der Waals surface area contributed by atoms with Crippen LogP contribution in [-0.4, -0.2) is 33.8 Å². The highest BCUT2D eigenvalue weighted by molar-refractivity contribution is 7.99. The summed E-state index contributed by atoms with van der Waals surface area (Å²) >= 11 is 1.27. The van der Waals surface area contributed by atoms with Crippen LogP contribution in [0.5, 0.6) is 0 Å². The van der Waals surface area contributed by atoms with Crippen molar-refractivity contribution < 1.29 is 14.3 Å². The first-order valence-electron chi connectivity index (χ1n) is 10.3. The van der Waals surface area contributed by atoms with Gasteiger partial charge in [-0.05, 0) is 30.7 Å². The van der Waals surface area contributed by atoms with E-state index in [2.05, 4.69) is 10.3 Å². The van der Waals surface area contributed by atoms with E-state index >= 15 is 0 Å². The summed E-state index contributed by atoms with van der Waals surface area (Å²) in [5, 5.41) is 3.64.